The normalized spacial score (nSPS) is 15.9. The van der Waals surface area contributed by atoms with Gasteiger partial charge >= 0.3 is 237 Å². The van der Waals surface area contributed by atoms with Gasteiger partial charge in [-0.25, -0.2) is 0 Å². The summed E-state index contributed by atoms with van der Waals surface area (Å²) in [4.78, 5) is 0. The molecule has 2 atom stereocenters. The van der Waals surface area contributed by atoms with E-state index in [0.717, 1.165) is 0 Å². The van der Waals surface area contributed by atoms with Crippen LogP contribution in [0.3, 0.4) is 0 Å². The number of fused-ring (bicyclic) bond motifs is 2. The van der Waals surface area contributed by atoms with Crippen molar-refractivity contribution in [1.82, 2.24) is 0 Å². The fourth-order valence-electron chi connectivity index (χ4n) is 6.55. The molecule has 0 nitrogen and oxygen atoms in total. The standard InChI is InChI=1S/2C17H15.C3H6.2ClH.Hf/c2*1-12-9-10-13(2)17(11-12)16-8-4-6-14-5-3-7-15(14)16;1-3-2;;;/h2*3-11H,1-2H3;1-2H3;2*1H;/q;;;;;+2/p-2. The summed E-state index contributed by atoms with van der Waals surface area (Å²) in [5.74, 6) is 0. The average Bonchev–Trinajstić information content (AvgIpc) is 3.52. The molecular weight excluding hydrogens is 694 g/mol. The van der Waals surface area contributed by atoms with Gasteiger partial charge in [0.2, 0.25) is 0 Å². The zero-order valence-electron chi connectivity index (χ0n) is 24.1. The van der Waals surface area contributed by atoms with Gasteiger partial charge in [0.15, 0.2) is 0 Å². The van der Waals surface area contributed by atoms with Crippen LogP contribution in [-0.2, 0) is 21.0 Å². The van der Waals surface area contributed by atoms with E-state index in [4.69, 9.17) is 0 Å². The summed E-state index contributed by atoms with van der Waals surface area (Å²) in [6.07, 6.45) is 10.0. The zero-order valence-corrected chi connectivity index (χ0v) is 29.3. The molecule has 0 radical (unpaired) electrons. The van der Waals surface area contributed by atoms with Gasteiger partial charge in [-0.15, -0.1) is 0 Å². The van der Waals surface area contributed by atoms with Crippen molar-refractivity contribution in [1.29, 1.82) is 0 Å². The summed E-state index contributed by atoms with van der Waals surface area (Å²) < 4.78 is 2.86. The Morgan fingerprint density at radius 3 is 1.38 bits per heavy atom. The van der Waals surface area contributed by atoms with Crippen molar-refractivity contribution in [3.05, 3.63) is 129 Å². The Labute approximate surface area is 260 Å². The van der Waals surface area contributed by atoms with E-state index >= 15 is 0 Å². The smallest absolute Gasteiger partial charge is 1.00 e. The summed E-state index contributed by atoms with van der Waals surface area (Å²) >= 11 is -2.39. The molecule has 202 valence electrons. The molecule has 3 heteroatoms. The fraction of sp³-hybridized carbons (Fsp3) is 0.216. The first-order valence-electron chi connectivity index (χ1n) is 13.8. The molecular formula is C37H36Cl2Hf. The van der Waals surface area contributed by atoms with Crippen LogP contribution in [0.2, 0.25) is 0 Å². The van der Waals surface area contributed by atoms with Gasteiger partial charge in [0.05, 0.1) is 0 Å². The van der Waals surface area contributed by atoms with Gasteiger partial charge in [0.25, 0.3) is 0 Å². The van der Waals surface area contributed by atoms with E-state index in [1.54, 1.807) is 14.4 Å². The first-order chi connectivity index (χ1) is 18.3. The molecule has 0 saturated carbocycles. The second kappa shape index (κ2) is 12.3. The predicted molar refractivity (Wildman–Crippen MR) is 163 cm³/mol. The number of benzene rings is 4. The average molecular weight is 730 g/mol. The van der Waals surface area contributed by atoms with Crippen LogP contribution in [0.1, 0.15) is 65.7 Å². The molecule has 0 saturated heterocycles. The Kier molecular flexibility index (Phi) is 9.40. The van der Waals surface area contributed by atoms with Crippen LogP contribution in [0, 0.1) is 27.7 Å². The fourth-order valence-corrected chi connectivity index (χ4v) is 18.8. The summed E-state index contributed by atoms with van der Waals surface area (Å²) in [6.45, 7) is 13.7. The molecule has 2 aliphatic rings. The molecule has 40 heavy (non-hydrogen) atoms. The number of halogens is 2. The quantitative estimate of drug-likeness (QED) is 0.280. The van der Waals surface area contributed by atoms with E-state index in [-0.39, 0.29) is 24.8 Å². The van der Waals surface area contributed by atoms with Crippen LogP contribution in [0.5, 0.6) is 0 Å². The van der Waals surface area contributed by atoms with Crippen LogP contribution >= 0.6 is 0 Å². The van der Waals surface area contributed by atoms with Crippen LogP contribution in [0.15, 0.2) is 84.9 Å². The van der Waals surface area contributed by atoms with Gasteiger partial charge in [0, 0.05) is 0 Å². The van der Waals surface area contributed by atoms with Crippen molar-refractivity contribution in [2.75, 3.05) is 0 Å². The van der Waals surface area contributed by atoms with E-state index in [1.165, 1.54) is 55.6 Å². The molecule has 4 aromatic rings. The van der Waals surface area contributed by atoms with Crippen molar-refractivity contribution >= 4 is 15.4 Å². The topological polar surface area (TPSA) is 0 Å². The summed E-state index contributed by atoms with van der Waals surface area (Å²) in [5.41, 5.74) is 16.9. The summed E-state index contributed by atoms with van der Waals surface area (Å²) in [5, 5.41) is 0. The van der Waals surface area contributed by atoms with Gasteiger partial charge in [-0.05, 0) is 0 Å². The van der Waals surface area contributed by atoms with Gasteiger partial charge in [0.1, 0.15) is 0 Å². The molecule has 0 fully saturated rings. The monoisotopic (exact) mass is 730 g/mol. The third-order valence-corrected chi connectivity index (χ3v) is 21.1. The summed E-state index contributed by atoms with van der Waals surface area (Å²) in [7, 11) is 0. The molecule has 0 aromatic heterocycles. The molecule has 4 aromatic carbocycles. The Bertz CT molecular complexity index is 1570. The Morgan fingerprint density at radius 2 is 0.975 bits per heavy atom. The maximum Gasteiger partial charge on any atom is -1.00 e. The number of allylic oxidation sites excluding steroid dienone is 2. The van der Waals surface area contributed by atoms with Crippen molar-refractivity contribution < 1.29 is 45.8 Å². The van der Waals surface area contributed by atoms with Crippen molar-refractivity contribution in [3.63, 3.8) is 0 Å². The SMILES string of the molecule is C[C](C)=[Hf+2]([CH]1C=Cc2c(-c3cc(C)ccc3C)cccc21)[CH]1C=Cc2c(-c3cc(C)ccc3C)cccc21.[Cl-].[Cl-]. The largest absolute Gasteiger partial charge is 1.00 e. The Balaban J connectivity index is 0.00000185. The molecule has 2 unspecified atom stereocenters. The van der Waals surface area contributed by atoms with Gasteiger partial charge < -0.3 is 24.8 Å². The second-order valence-electron chi connectivity index (χ2n) is 11.4. The van der Waals surface area contributed by atoms with E-state index in [1.807, 2.05) is 0 Å². The zero-order chi connectivity index (χ0) is 26.6. The predicted octanol–water partition coefficient (Wildman–Crippen LogP) is 3.93. The Hall–Kier alpha value is -2.32. The molecule has 0 aliphatic heterocycles. The summed E-state index contributed by atoms with van der Waals surface area (Å²) in [6, 6.07) is 27.7. The van der Waals surface area contributed by atoms with Crippen molar-refractivity contribution in [3.8, 4) is 22.3 Å². The first-order valence-corrected chi connectivity index (χ1v) is 19.7. The minimum absolute atomic E-state index is 0. The molecule has 2 aliphatic carbocycles. The van der Waals surface area contributed by atoms with Gasteiger partial charge in [-0.1, -0.05) is 0 Å². The minimum Gasteiger partial charge on any atom is -1.00 e. The van der Waals surface area contributed by atoms with Crippen LogP contribution in [0.25, 0.3) is 34.4 Å². The molecule has 0 spiro atoms. The third-order valence-electron chi connectivity index (χ3n) is 8.47. The Morgan fingerprint density at radius 1 is 0.550 bits per heavy atom. The van der Waals surface area contributed by atoms with Crippen molar-refractivity contribution in [2.24, 2.45) is 0 Å². The minimum atomic E-state index is -2.39. The number of hydrogen-bond acceptors (Lipinski definition) is 0. The van der Waals surface area contributed by atoms with Gasteiger partial charge in [-0.2, -0.15) is 0 Å². The van der Waals surface area contributed by atoms with Crippen LogP contribution < -0.4 is 24.8 Å². The van der Waals surface area contributed by atoms with E-state index in [9.17, 15) is 0 Å². The number of aryl methyl sites for hydroxylation is 4. The third kappa shape index (κ3) is 5.34. The number of rotatable bonds is 4. The maximum absolute atomic E-state index is 2.56. The first kappa shape index (κ1) is 30.6. The van der Waals surface area contributed by atoms with Crippen LogP contribution in [-0.4, -0.2) is 3.26 Å². The second-order valence-corrected chi connectivity index (χ2v) is 22.7. The van der Waals surface area contributed by atoms with E-state index in [0.29, 0.717) is 7.35 Å². The molecule has 0 N–H and O–H groups in total. The van der Waals surface area contributed by atoms with E-state index in [2.05, 4.69) is 139 Å². The molecule has 0 bridgehead atoms. The maximum atomic E-state index is 2.56. The number of hydrogen-bond donors (Lipinski definition) is 0. The molecule has 0 heterocycles. The van der Waals surface area contributed by atoms with E-state index < -0.39 is 21.0 Å². The molecule has 6 rings (SSSR count). The van der Waals surface area contributed by atoms with Crippen LogP contribution in [0.4, 0.5) is 0 Å². The molecule has 0 amide bonds. The van der Waals surface area contributed by atoms with Crippen molar-refractivity contribution in [2.45, 2.75) is 48.9 Å². The van der Waals surface area contributed by atoms with Gasteiger partial charge in [-0.3, -0.25) is 0 Å².